The fourth-order valence-electron chi connectivity index (χ4n) is 1.80. The van der Waals surface area contributed by atoms with Crippen molar-refractivity contribution in [1.29, 1.82) is 0 Å². The number of carboxylic acids is 1. The molecule has 0 aliphatic carbocycles. The van der Waals surface area contributed by atoms with E-state index >= 15 is 0 Å². The van der Waals surface area contributed by atoms with E-state index in [0.29, 0.717) is 17.7 Å². The number of carbonyl (C=O) groups is 2. The molecule has 0 saturated heterocycles. The molecule has 0 atom stereocenters. The number of carboxylic acid groups (broad SMARTS) is 1. The first-order chi connectivity index (χ1) is 9.69. The molecule has 0 unspecified atom stereocenters. The highest BCUT2D eigenvalue weighted by Gasteiger charge is 2.12. The summed E-state index contributed by atoms with van der Waals surface area (Å²) in [5.41, 5.74) is 2.32. The summed E-state index contributed by atoms with van der Waals surface area (Å²) in [4.78, 5) is 22.7. The van der Waals surface area contributed by atoms with Gasteiger partial charge in [0, 0.05) is 18.2 Å². The zero-order valence-corrected chi connectivity index (χ0v) is 13.1. The van der Waals surface area contributed by atoms with Gasteiger partial charge in [0.05, 0.1) is 0 Å². The molecule has 4 heteroatoms. The van der Waals surface area contributed by atoms with Crippen molar-refractivity contribution >= 4 is 18.0 Å². The number of hydrogen-bond donors (Lipinski definition) is 2. The lowest BCUT2D eigenvalue weighted by atomic mass is 9.92. The maximum atomic E-state index is 12.2. The summed E-state index contributed by atoms with van der Waals surface area (Å²) in [5, 5.41) is 11.5. The first-order valence-electron chi connectivity index (χ1n) is 6.99. The van der Waals surface area contributed by atoms with Crippen LogP contribution in [0, 0.1) is 12.3 Å². The number of nitrogens with one attached hydrogen (secondary N) is 1. The van der Waals surface area contributed by atoms with E-state index in [4.69, 9.17) is 5.11 Å². The summed E-state index contributed by atoms with van der Waals surface area (Å²) >= 11 is 0. The van der Waals surface area contributed by atoms with Crippen molar-refractivity contribution in [3.8, 4) is 0 Å². The zero-order valence-electron chi connectivity index (χ0n) is 13.1. The van der Waals surface area contributed by atoms with Gasteiger partial charge in [0.15, 0.2) is 0 Å². The highest BCUT2D eigenvalue weighted by molar-refractivity contribution is 5.96. The van der Waals surface area contributed by atoms with Gasteiger partial charge in [-0.25, -0.2) is 4.79 Å². The topological polar surface area (TPSA) is 66.4 Å². The van der Waals surface area contributed by atoms with E-state index in [9.17, 15) is 9.59 Å². The molecule has 1 aromatic carbocycles. The van der Waals surface area contributed by atoms with Gasteiger partial charge in [-0.3, -0.25) is 4.79 Å². The molecule has 114 valence electrons. The second kappa shape index (κ2) is 7.07. The number of hydrogen-bond acceptors (Lipinski definition) is 2. The predicted octanol–water partition coefficient (Wildman–Crippen LogP) is 3.26. The minimum Gasteiger partial charge on any atom is -0.478 e. The third-order valence-corrected chi connectivity index (χ3v) is 3.09. The van der Waals surface area contributed by atoms with Crippen LogP contribution in [0.3, 0.4) is 0 Å². The quantitative estimate of drug-likeness (QED) is 0.818. The molecule has 0 saturated carbocycles. The molecule has 0 heterocycles. The van der Waals surface area contributed by atoms with Crippen molar-refractivity contribution in [2.75, 3.05) is 6.54 Å². The molecule has 0 aliphatic heterocycles. The predicted molar refractivity (Wildman–Crippen MR) is 84.3 cm³/mol. The Morgan fingerprint density at radius 1 is 1.29 bits per heavy atom. The number of carbonyl (C=O) groups excluding carboxylic acids is 1. The van der Waals surface area contributed by atoms with Crippen LogP contribution in [0.5, 0.6) is 0 Å². The average molecular weight is 289 g/mol. The Bertz CT molecular complexity index is 554. The molecule has 0 aromatic heterocycles. The molecule has 1 aromatic rings. The standard InChI is InChI=1S/C17H23NO3/c1-12-5-6-13(7-8-15(19)20)11-14(12)16(21)18-10-9-17(2,3)4/h5-8,11H,9-10H2,1-4H3,(H,18,21)(H,19,20)/b8-7+. The summed E-state index contributed by atoms with van der Waals surface area (Å²) in [6.07, 6.45) is 3.44. The van der Waals surface area contributed by atoms with Crippen molar-refractivity contribution in [3.63, 3.8) is 0 Å². The number of amides is 1. The van der Waals surface area contributed by atoms with Crippen LogP contribution < -0.4 is 5.32 Å². The first kappa shape index (κ1) is 17.0. The Balaban J connectivity index is 2.79. The zero-order chi connectivity index (χ0) is 16.0. The minimum atomic E-state index is -1.01. The summed E-state index contributed by atoms with van der Waals surface area (Å²) < 4.78 is 0. The van der Waals surface area contributed by atoms with Crippen molar-refractivity contribution in [3.05, 3.63) is 41.0 Å². The number of aliphatic carboxylic acids is 1. The number of rotatable bonds is 5. The van der Waals surface area contributed by atoms with Gasteiger partial charge in [-0.2, -0.15) is 0 Å². The van der Waals surface area contributed by atoms with Crippen LogP contribution in [0.2, 0.25) is 0 Å². The van der Waals surface area contributed by atoms with Crippen LogP contribution in [0.4, 0.5) is 0 Å². The molecule has 0 radical (unpaired) electrons. The van der Waals surface area contributed by atoms with Crippen molar-refractivity contribution < 1.29 is 14.7 Å². The molecule has 2 N–H and O–H groups in total. The van der Waals surface area contributed by atoms with E-state index in [1.54, 1.807) is 12.1 Å². The Morgan fingerprint density at radius 3 is 2.52 bits per heavy atom. The van der Waals surface area contributed by atoms with E-state index in [1.807, 2.05) is 13.0 Å². The van der Waals surface area contributed by atoms with Gasteiger partial charge in [-0.15, -0.1) is 0 Å². The fraction of sp³-hybridized carbons (Fsp3) is 0.412. The fourth-order valence-corrected chi connectivity index (χ4v) is 1.80. The Hall–Kier alpha value is -2.10. The van der Waals surface area contributed by atoms with E-state index in [0.717, 1.165) is 18.1 Å². The van der Waals surface area contributed by atoms with Crippen molar-refractivity contribution in [2.45, 2.75) is 34.1 Å². The molecule has 0 bridgehead atoms. The van der Waals surface area contributed by atoms with Gasteiger partial charge in [0.25, 0.3) is 5.91 Å². The summed E-state index contributed by atoms with van der Waals surface area (Å²) in [6.45, 7) is 8.87. The van der Waals surface area contributed by atoms with Crippen molar-refractivity contribution in [2.24, 2.45) is 5.41 Å². The summed E-state index contributed by atoms with van der Waals surface area (Å²) in [5.74, 6) is -1.13. The normalized spacial score (nSPS) is 11.6. The molecule has 21 heavy (non-hydrogen) atoms. The Morgan fingerprint density at radius 2 is 1.95 bits per heavy atom. The van der Waals surface area contributed by atoms with Gasteiger partial charge in [0.1, 0.15) is 0 Å². The molecule has 0 spiro atoms. The second-order valence-corrected chi connectivity index (χ2v) is 6.31. The van der Waals surface area contributed by atoms with Crippen LogP contribution in [-0.4, -0.2) is 23.5 Å². The smallest absolute Gasteiger partial charge is 0.328 e. The van der Waals surface area contributed by atoms with Gasteiger partial charge in [-0.1, -0.05) is 32.9 Å². The van der Waals surface area contributed by atoms with Crippen LogP contribution in [0.1, 0.15) is 48.7 Å². The highest BCUT2D eigenvalue weighted by Crippen LogP contribution is 2.17. The summed E-state index contributed by atoms with van der Waals surface area (Å²) in [7, 11) is 0. The molecular weight excluding hydrogens is 266 g/mol. The van der Waals surface area contributed by atoms with E-state index < -0.39 is 5.97 Å². The van der Waals surface area contributed by atoms with E-state index in [1.165, 1.54) is 6.08 Å². The van der Waals surface area contributed by atoms with Gasteiger partial charge in [-0.05, 0) is 42.0 Å². The van der Waals surface area contributed by atoms with Crippen LogP contribution in [-0.2, 0) is 4.79 Å². The van der Waals surface area contributed by atoms with Gasteiger partial charge >= 0.3 is 5.97 Å². The number of benzene rings is 1. The van der Waals surface area contributed by atoms with Gasteiger partial charge in [0.2, 0.25) is 0 Å². The highest BCUT2D eigenvalue weighted by atomic mass is 16.4. The van der Waals surface area contributed by atoms with E-state index in [-0.39, 0.29) is 11.3 Å². The van der Waals surface area contributed by atoms with Crippen LogP contribution >= 0.6 is 0 Å². The Kier molecular flexibility index (Phi) is 5.70. The van der Waals surface area contributed by atoms with Gasteiger partial charge < -0.3 is 10.4 Å². The first-order valence-corrected chi connectivity index (χ1v) is 6.99. The maximum absolute atomic E-state index is 12.2. The van der Waals surface area contributed by atoms with E-state index in [2.05, 4.69) is 26.1 Å². The maximum Gasteiger partial charge on any atom is 0.328 e. The lowest BCUT2D eigenvalue weighted by molar-refractivity contribution is -0.131. The number of aryl methyl sites for hydroxylation is 1. The molecule has 1 rings (SSSR count). The molecule has 1 amide bonds. The average Bonchev–Trinajstić information content (AvgIpc) is 2.36. The molecular formula is C17H23NO3. The van der Waals surface area contributed by atoms with Crippen molar-refractivity contribution in [1.82, 2.24) is 5.32 Å². The minimum absolute atomic E-state index is 0.123. The SMILES string of the molecule is Cc1ccc(/C=C/C(=O)O)cc1C(=O)NCCC(C)(C)C. The third kappa shape index (κ3) is 6.25. The Labute approximate surface area is 125 Å². The molecule has 0 aliphatic rings. The largest absolute Gasteiger partial charge is 0.478 e. The lowest BCUT2D eigenvalue weighted by Crippen LogP contribution is -2.27. The second-order valence-electron chi connectivity index (χ2n) is 6.31. The monoisotopic (exact) mass is 289 g/mol. The summed E-state index contributed by atoms with van der Waals surface area (Å²) in [6, 6.07) is 5.32. The van der Waals surface area contributed by atoms with Crippen LogP contribution in [0.25, 0.3) is 6.08 Å². The lowest BCUT2D eigenvalue weighted by Gasteiger charge is -2.18. The molecule has 4 nitrogen and oxygen atoms in total. The van der Waals surface area contributed by atoms with Crippen LogP contribution in [0.15, 0.2) is 24.3 Å². The molecule has 0 fully saturated rings. The third-order valence-electron chi connectivity index (χ3n) is 3.09.